The van der Waals surface area contributed by atoms with Crippen molar-refractivity contribution in [3.8, 4) is 0 Å². The largest absolute Gasteiger partial charge is 0.370 e. The van der Waals surface area contributed by atoms with Crippen molar-refractivity contribution in [1.82, 2.24) is 9.97 Å². The van der Waals surface area contributed by atoms with Crippen molar-refractivity contribution in [1.29, 1.82) is 0 Å². The van der Waals surface area contributed by atoms with E-state index in [9.17, 15) is 8.42 Å². The molecular formula is C12H17N3O2S2. The molecule has 0 atom stereocenters. The Morgan fingerprint density at radius 1 is 1.26 bits per heavy atom. The molecule has 1 N–H and O–H groups in total. The zero-order chi connectivity index (χ0) is 14.2. The molecule has 0 saturated heterocycles. The maximum Gasteiger partial charge on any atom is 0.154 e. The molecule has 19 heavy (non-hydrogen) atoms. The van der Waals surface area contributed by atoms with Crippen LogP contribution in [0.1, 0.15) is 23.2 Å². The van der Waals surface area contributed by atoms with Gasteiger partial charge in [0.15, 0.2) is 9.84 Å². The van der Waals surface area contributed by atoms with Crippen LogP contribution in [0.5, 0.6) is 0 Å². The fourth-order valence-corrected chi connectivity index (χ4v) is 3.53. The summed E-state index contributed by atoms with van der Waals surface area (Å²) in [6.07, 6.45) is 1.19. The predicted octanol–water partition coefficient (Wildman–Crippen LogP) is 2.28. The van der Waals surface area contributed by atoms with E-state index in [-0.39, 0.29) is 5.75 Å². The van der Waals surface area contributed by atoms with Gasteiger partial charge in [0.05, 0.1) is 5.39 Å². The molecule has 2 aromatic heterocycles. The predicted molar refractivity (Wildman–Crippen MR) is 79.6 cm³/mol. The number of fused-ring (bicyclic) bond motifs is 1. The molecule has 0 fully saturated rings. The van der Waals surface area contributed by atoms with Gasteiger partial charge in [-0.2, -0.15) is 0 Å². The van der Waals surface area contributed by atoms with E-state index in [4.69, 9.17) is 0 Å². The number of nitrogens with zero attached hydrogens (tertiary/aromatic N) is 2. The number of aromatic nitrogens is 2. The van der Waals surface area contributed by atoms with Crippen LogP contribution in [0, 0.1) is 13.8 Å². The minimum atomic E-state index is -3.13. The van der Waals surface area contributed by atoms with Crippen LogP contribution < -0.4 is 5.32 Å². The van der Waals surface area contributed by atoms with Gasteiger partial charge in [-0.3, -0.25) is 0 Å². The van der Waals surface area contributed by atoms with Gasteiger partial charge in [-0.05, 0) is 26.3 Å². The zero-order valence-corrected chi connectivity index (χ0v) is 13.1. The lowest BCUT2D eigenvalue weighted by Gasteiger charge is -2.07. The second-order valence-electron chi connectivity index (χ2n) is 4.55. The Balaban J connectivity index is 2.64. The summed E-state index contributed by atoms with van der Waals surface area (Å²) >= 11 is 1.57. The van der Waals surface area contributed by atoms with Crippen molar-refractivity contribution in [3.63, 3.8) is 0 Å². The Kier molecular flexibility index (Phi) is 3.78. The van der Waals surface area contributed by atoms with Crippen molar-refractivity contribution in [2.45, 2.75) is 26.5 Å². The van der Waals surface area contributed by atoms with Crippen molar-refractivity contribution in [2.75, 3.05) is 18.1 Å². The molecule has 0 aliphatic rings. The highest BCUT2D eigenvalue weighted by atomic mass is 32.2. The molecule has 0 aliphatic heterocycles. The molecule has 0 aromatic carbocycles. The Labute approximate surface area is 117 Å². The van der Waals surface area contributed by atoms with Gasteiger partial charge in [-0.1, -0.05) is 0 Å². The second kappa shape index (κ2) is 5.05. The van der Waals surface area contributed by atoms with Crippen molar-refractivity contribution >= 4 is 37.2 Å². The van der Waals surface area contributed by atoms with Gasteiger partial charge in [0.1, 0.15) is 22.2 Å². The van der Waals surface area contributed by atoms with Crippen LogP contribution in [-0.2, 0) is 15.6 Å². The topological polar surface area (TPSA) is 72.0 Å². The van der Waals surface area contributed by atoms with Gasteiger partial charge in [0.25, 0.3) is 0 Å². The number of rotatable bonds is 4. The molecule has 0 amide bonds. The van der Waals surface area contributed by atoms with Gasteiger partial charge in [-0.25, -0.2) is 18.4 Å². The number of anilines is 1. The monoisotopic (exact) mass is 299 g/mol. The molecule has 5 nitrogen and oxygen atoms in total. The highest BCUT2D eigenvalue weighted by Crippen LogP contribution is 2.33. The Morgan fingerprint density at radius 3 is 2.53 bits per heavy atom. The first-order valence-electron chi connectivity index (χ1n) is 6.00. The summed E-state index contributed by atoms with van der Waals surface area (Å²) in [5, 5.41) is 4.19. The van der Waals surface area contributed by atoms with E-state index in [1.807, 2.05) is 20.8 Å². The van der Waals surface area contributed by atoms with E-state index in [1.165, 1.54) is 11.1 Å². The molecule has 7 heteroatoms. The van der Waals surface area contributed by atoms with Gasteiger partial charge >= 0.3 is 0 Å². The Morgan fingerprint density at radius 2 is 1.95 bits per heavy atom. The van der Waals surface area contributed by atoms with Gasteiger partial charge in [0, 0.05) is 17.7 Å². The summed E-state index contributed by atoms with van der Waals surface area (Å²) in [4.78, 5) is 10.8. The molecule has 2 aromatic rings. The van der Waals surface area contributed by atoms with Crippen LogP contribution in [0.25, 0.3) is 10.2 Å². The van der Waals surface area contributed by atoms with Gasteiger partial charge < -0.3 is 5.32 Å². The molecular weight excluding hydrogens is 282 g/mol. The highest BCUT2D eigenvalue weighted by molar-refractivity contribution is 7.89. The number of thiophene rings is 1. The number of hydrogen-bond donors (Lipinski definition) is 1. The SMILES string of the molecule is CCNc1nc(CS(C)(=O)=O)nc2sc(C)c(C)c12. The smallest absolute Gasteiger partial charge is 0.154 e. The highest BCUT2D eigenvalue weighted by Gasteiger charge is 2.16. The fraction of sp³-hybridized carbons (Fsp3) is 0.500. The first-order chi connectivity index (χ1) is 8.81. The van der Waals surface area contributed by atoms with E-state index in [0.29, 0.717) is 5.82 Å². The van der Waals surface area contributed by atoms with Crippen LogP contribution in [0.4, 0.5) is 5.82 Å². The first-order valence-corrected chi connectivity index (χ1v) is 8.87. The quantitative estimate of drug-likeness (QED) is 0.937. The Hall–Kier alpha value is -1.21. The summed E-state index contributed by atoms with van der Waals surface area (Å²) in [6.45, 7) is 6.79. The summed E-state index contributed by atoms with van der Waals surface area (Å²) in [5.74, 6) is 0.956. The maximum absolute atomic E-state index is 11.4. The second-order valence-corrected chi connectivity index (χ2v) is 7.90. The van der Waals surface area contributed by atoms with E-state index in [0.717, 1.165) is 28.1 Å². The minimum Gasteiger partial charge on any atom is -0.370 e. The van der Waals surface area contributed by atoms with Gasteiger partial charge in [0.2, 0.25) is 0 Å². The van der Waals surface area contributed by atoms with Crippen LogP contribution in [-0.4, -0.2) is 31.2 Å². The summed E-state index contributed by atoms with van der Waals surface area (Å²) < 4.78 is 22.8. The van der Waals surface area contributed by atoms with Crippen molar-refractivity contribution in [2.24, 2.45) is 0 Å². The molecule has 0 radical (unpaired) electrons. The standard InChI is InChI=1S/C12H17N3O2S2/c1-5-13-11-10-7(2)8(3)18-12(10)15-9(14-11)6-19(4,16)17/h5-6H2,1-4H3,(H,13,14,15). The third-order valence-corrected chi connectivity index (χ3v) is 4.69. The lowest BCUT2D eigenvalue weighted by atomic mass is 10.2. The van der Waals surface area contributed by atoms with Gasteiger partial charge in [-0.15, -0.1) is 11.3 Å². The molecule has 0 bridgehead atoms. The van der Waals surface area contributed by atoms with Crippen LogP contribution in [0.3, 0.4) is 0 Å². The third-order valence-electron chi connectivity index (χ3n) is 2.81. The molecule has 0 unspecified atom stereocenters. The normalized spacial score (nSPS) is 12.0. The zero-order valence-electron chi connectivity index (χ0n) is 11.4. The molecule has 2 rings (SSSR count). The van der Waals surface area contributed by atoms with E-state index >= 15 is 0 Å². The van der Waals surface area contributed by atoms with Crippen LogP contribution >= 0.6 is 11.3 Å². The molecule has 0 saturated carbocycles. The average Bonchev–Trinajstić information content (AvgIpc) is 2.52. The summed E-state index contributed by atoms with van der Waals surface area (Å²) in [6, 6.07) is 0. The van der Waals surface area contributed by atoms with E-state index in [2.05, 4.69) is 15.3 Å². The number of hydrogen-bond acceptors (Lipinski definition) is 6. The van der Waals surface area contributed by atoms with Crippen molar-refractivity contribution < 1.29 is 8.42 Å². The minimum absolute atomic E-state index is 0.128. The van der Waals surface area contributed by atoms with E-state index < -0.39 is 9.84 Å². The first kappa shape index (κ1) is 14.2. The maximum atomic E-state index is 11.4. The lowest BCUT2D eigenvalue weighted by molar-refractivity contribution is 0.600. The molecule has 104 valence electrons. The molecule has 2 heterocycles. The summed E-state index contributed by atoms with van der Waals surface area (Å²) in [7, 11) is -3.13. The summed E-state index contributed by atoms with van der Waals surface area (Å²) in [5.41, 5.74) is 1.15. The third kappa shape index (κ3) is 3.03. The number of nitrogens with one attached hydrogen (secondary N) is 1. The number of aryl methyl sites for hydroxylation is 2. The van der Waals surface area contributed by atoms with Crippen LogP contribution in [0.2, 0.25) is 0 Å². The van der Waals surface area contributed by atoms with Crippen molar-refractivity contribution in [3.05, 3.63) is 16.3 Å². The number of sulfone groups is 1. The van der Waals surface area contributed by atoms with Crippen LogP contribution in [0.15, 0.2) is 0 Å². The lowest BCUT2D eigenvalue weighted by Crippen LogP contribution is -2.08. The average molecular weight is 299 g/mol. The Bertz CT molecular complexity index is 720. The fourth-order valence-electron chi connectivity index (χ4n) is 1.89. The van der Waals surface area contributed by atoms with E-state index in [1.54, 1.807) is 11.3 Å². The molecule has 0 spiro atoms. The molecule has 0 aliphatic carbocycles.